The molecule has 1 nitrogen and oxygen atoms in total. The van der Waals surface area contributed by atoms with Crippen LogP contribution in [0.4, 0.5) is 5.69 Å². The van der Waals surface area contributed by atoms with Crippen molar-refractivity contribution < 1.29 is 0 Å². The molecule has 1 aromatic rings. The number of alkyl halides is 1. The fourth-order valence-corrected chi connectivity index (χ4v) is 2.93. The monoisotopic (exact) mass is 315 g/mol. The van der Waals surface area contributed by atoms with Crippen LogP contribution < -0.4 is 4.90 Å². The highest BCUT2D eigenvalue weighted by Gasteiger charge is 2.24. The maximum Gasteiger partial charge on any atom is 0.0510 e. The fraction of sp³-hybridized carbons (Fsp3) is 0.571. The Balaban J connectivity index is 2.15. The molecule has 0 radical (unpaired) electrons. The fourth-order valence-electron chi connectivity index (χ4n) is 2.08. The van der Waals surface area contributed by atoms with Crippen molar-refractivity contribution in [2.24, 2.45) is 5.92 Å². The van der Waals surface area contributed by atoms with Gasteiger partial charge in [0.2, 0.25) is 0 Å². The van der Waals surface area contributed by atoms with Gasteiger partial charge in [-0.05, 0) is 58.8 Å². The highest BCUT2D eigenvalue weighted by molar-refractivity contribution is 9.10. The molecule has 0 aromatic heterocycles. The molecule has 0 saturated heterocycles. The van der Waals surface area contributed by atoms with Crippen LogP contribution in [0, 0.1) is 5.92 Å². The van der Waals surface area contributed by atoms with Gasteiger partial charge in [-0.1, -0.05) is 13.0 Å². The van der Waals surface area contributed by atoms with Crippen LogP contribution in [0.1, 0.15) is 31.7 Å². The largest absolute Gasteiger partial charge is 0.370 e. The summed E-state index contributed by atoms with van der Waals surface area (Å²) in [6.45, 7) is 4.57. The lowest BCUT2D eigenvalue weighted by molar-refractivity contribution is 0.707. The van der Waals surface area contributed by atoms with E-state index in [1.807, 2.05) is 0 Å². The quantitative estimate of drug-likeness (QED) is 0.680. The van der Waals surface area contributed by atoms with Crippen LogP contribution in [0.15, 0.2) is 22.7 Å². The Morgan fingerprint density at radius 2 is 2.18 bits per heavy atom. The van der Waals surface area contributed by atoms with Crippen molar-refractivity contribution in [3.05, 3.63) is 28.2 Å². The van der Waals surface area contributed by atoms with E-state index in [1.54, 1.807) is 0 Å². The van der Waals surface area contributed by atoms with Crippen LogP contribution in [-0.4, -0.2) is 13.1 Å². The Kier molecular flexibility index (Phi) is 4.75. The van der Waals surface area contributed by atoms with Crippen LogP contribution in [0.2, 0.25) is 0 Å². The predicted octanol–water partition coefficient (Wildman–Crippen LogP) is 4.81. The summed E-state index contributed by atoms with van der Waals surface area (Å²) < 4.78 is 1.17. The van der Waals surface area contributed by atoms with Gasteiger partial charge in [-0.15, -0.1) is 11.6 Å². The van der Waals surface area contributed by atoms with Crippen LogP contribution in [0.3, 0.4) is 0 Å². The average molecular weight is 317 g/mol. The maximum absolute atomic E-state index is 5.85. The Labute approximate surface area is 117 Å². The first kappa shape index (κ1) is 13.2. The zero-order chi connectivity index (χ0) is 12.3. The van der Waals surface area contributed by atoms with Gasteiger partial charge in [0.25, 0.3) is 0 Å². The first-order chi connectivity index (χ1) is 8.24. The highest BCUT2D eigenvalue weighted by atomic mass is 79.9. The second kappa shape index (κ2) is 6.10. The lowest BCUT2D eigenvalue weighted by Gasteiger charge is -2.25. The van der Waals surface area contributed by atoms with Crippen molar-refractivity contribution in [3.8, 4) is 0 Å². The van der Waals surface area contributed by atoms with Gasteiger partial charge in [0.05, 0.1) is 5.69 Å². The van der Waals surface area contributed by atoms with E-state index in [0.717, 1.165) is 12.5 Å². The third-order valence-corrected chi connectivity index (χ3v) is 4.12. The molecule has 17 heavy (non-hydrogen) atoms. The Bertz CT molecular complexity index is 376. The Morgan fingerprint density at radius 1 is 1.41 bits per heavy atom. The number of hydrogen-bond acceptors (Lipinski definition) is 1. The zero-order valence-corrected chi connectivity index (χ0v) is 12.6. The molecule has 0 aliphatic heterocycles. The number of anilines is 1. The third kappa shape index (κ3) is 3.62. The summed E-state index contributed by atoms with van der Waals surface area (Å²) >= 11 is 9.52. The van der Waals surface area contributed by atoms with Gasteiger partial charge < -0.3 is 4.90 Å². The molecular weight excluding hydrogens is 298 g/mol. The van der Waals surface area contributed by atoms with E-state index in [9.17, 15) is 0 Å². The van der Waals surface area contributed by atoms with E-state index in [-0.39, 0.29) is 0 Å². The van der Waals surface area contributed by atoms with Gasteiger partial charge in [0.15, 0.2) is 0 Å². The highest BCUT2D eigenvalue weighted by Crippen LogP contribution is 2.34. The van der Waals surface area contributed by atoms with Gasteiger partial charge in [0.1, 0.15) is 0 Å². The van der Waals surface area contributed by atoms with Crippen molar-refractivity contribution in [1.29, 1.82) is 0 Å². The van der Waals surface area contributed by atoms with Crippen LogP contribution in [0.25, 0.3) is 0 Å². The summed E-state index contributed by atoms with van der Waals surface area (Å²) in [4.78, 5) is 2.50. The minimum absolute atomic E-state index is 0.579. The molecule has 94 valence electrons. The van der Waals surface area contributed by atoms with Crippen molar-refractivity contribution in [1.82, 2.24) is 0 Å². The topological polar surface area (TPSA) is 3.24 Å². The first-order valence-corrected chi connectivity index (χ1v) is 7.66. The van der Waals surface area contributed by atoms with Crippen molar-refractivity contribution in [2.45, 2.75) is 32.1 Å². The molecule has 1 fully saturated rings. The second-order valence-corrected chi connectivity index (χ2v) is 5.93. The Hall–Kier alpha value is -0.210. The first-order valence-electron chi connectivity index (χ1n) is 6.34. The minimum Gasteiger partial charge on any atom is -0.370 e. The third-order valence-electron chi connectivity index (χ3n) is 3.18. The standard InChI is InChI=1S/C14H19BrClN/c1-2-7-17(10-11-3-4-11)14-6-5-12(9-16)8-13(14)15/h5-6,8,11H,2-4,7,9-10H2,1H3. The molecule has 1 aliphatic rings. The maximum atomic E-state index is 5.85. The lowest BCUT2D eigenvalue weighted by Crippen LogP contribution is -2.26. The molecule has 0 N–H and O–H groups in total. The second-order valence-electron chi connectivity index (χ2n) is 4.81. The molecule has 0 atom stereocenters. The van der Waals surface area contributed by atoms with Crippen LogP contribution in [-0.2, 0) is 5.88 Å². The van der Waals surface area contributed by atoms with Gasteiger partial charge in [-0.2, -0.15) is 0 Å². The molecule has 0 spiro atoms. The molecule has 0 bridgehead atoms. The number of halogens is 2. The molecule has 0 unspecified atom stereocenters. The van der Waals surface area contributed by atoms with Crippen molar-refractivity contribution in [2.75, 3.05) is 18.0 Å². The molecule has 0 heterocycles. The summed E-state index contributed by atoms with van der Waals surface area (Å²) in [7, 11) is 0. The number of hydrogen-bond donors (Lipinski definition) is 0. The average Bonchev–Trinajstić information content (AvgIpc) is 3.12. The van der Waals surface area contributed by atoms with E-state index >= 15 is 0 Å². The van der Waals surface area contributed by atoms with Gasteiger partial charge in [-0.3, -0.25) is 0 Å². The van der Waals surface area contributed by atoms with Crippen LogP contribution in [0.5, 0.6) is 0 Å². The predicted molar refractivity (Wildman–Crippen MR) is 78.9 cm³/mol. The normalized spacial score (nSPS) is 15.0. The van der Waals surface area contributed by atoms with Crippen molar-refractivity contribution >= 4 is 33.2 Å². The van der Waals surface area contributed by atoms with Crippen LogP contribution >= 0.6 is 27.5 Å². The van der Waals surface area contributed by atoms with Gasteiger partial charge in [-0.25, -0.2) is 0 Å². The summed E-state index contributed by atoms with van der Waals surface area (Å²) in [6.07, 6.45) is 3.99. The molecule has 1 saturated carbocycles. The molecule has 0 amide bonds. The number of benzene rings is 1. The summed E-state index contributed by atoms with van der Waals surface area (Å²) in [6, 6.07) is 6.46. The molecule has 3 heteroatoms. The van der Waals surface area contributed by atoms with E-state index in [0.29, 0.717) is 5.88 Å². The summed E-state index contributed by atoms with van der Waals surface area (Å²) in [5, 5.41) is 0. The van der Waals surface area contributed by atoms with E-state index in [4.69, 9.17) is 11.6 Å². The lowest BCUT2D eigenvalue weighted by atomic mass is 10.2. The number of nitrogens with zero attached hydrogens (tertiary/aromatic N) is 1. The minimum atomic E-state index is 0.579. The number of rotatable bonds is 6. The Morgan fingerprint density at radius 3 is 2.71 bits per heavy atom. The zero-order valence-electron chi connectivity index (χ0n) is 10.3. The SMILES string of the molecule is CCCN(CC1CC1)c1ccc(CCl)cc1Br. The molecule has 1 aliphatic carbocycles. The molecule has 1 aromatic carbocycles. The van der Waals surface area contributed by atoms with E-state index in [1.165, 1.54) is 41.5 Å². The molecule has 2 rings (SSSR count). The van der Waals surface area contributed by atoms with E-state index < -0.39 is 0 Å². The smallest absolute Gasteiger partial charge is 0.0510 e. The summed E-state index contributed by atoms with van der Waals surface area (Å²) in [5.74, 6) is 1.50. The van der Waals surface area contributed by atoms with Crippen molar-refractivity contribution in [3.63, 3.8) is 0 Å². The molecular formula is C14H19BrClN. The van der Waals surface area contributed by atoms with Gasteiger partial charge >= 0.3 is 0 Å². The van der Waals surface area contributed by atoms with Gasteiger partial charge in [0, 0.05) is 23.4 Å². The summed E-state index contributed by atoms with van der Waals surface area (Å²) in [5.41, 5.74) is 2.48. The van der Waals surface area contributed by atoms with E-state index in [2.05, 4.69) is 46.0 Å².